The van der Waals surface area contributed by atoms with Crippen molar-refractivity contribution in [3.8, 4) is 0 Å². The second-order valence-electron chi connectivity index (χ2n) is 5.93. The number of benzene rings is 2. The predicted octanol–water partition coefficient (Wildman–Crippen LogP) is 4.66. The number of Topliss-reactive ketones (excluding diaryl/α,β-unsaturated/α-hetero) is 1. The molecule has 0 aromatic heterocycles. The zero-order valence-electron chi connectivity index (χ0n) is 14.3. The molecular weight excluding hydrogens is 359 g/mol. The molecule has 0 aliphatic heterocycles. The molecule has 0 saturated heterocycles. The Balaban J connectivity index is 2.01. The maximum absolute atomic E-state index is 12.4. The molecule has 1 unspecified atom stereocenters. The Morgan fingerprint density at radius 1 is 1.12 bits per heavy atom. The van der Waals surface area contributed by atoms with Gasteiger partial charge in [-0.3, -0.25) is 14.5 Å². The summed E-state index contributed by atoms with van der Waals surface area (Å²) in [6, 6.07) is 11.9. The lowest BCUT2D eigenvalue weighted by atomic mass is 10.1. The van der Waals surface area contributed by atoms with Gasteiger partial charge in [-0.2, -0.15) is 0 Å². The lowest BCUT2D eigenvalue weighted by Gasteiger charge is -2.24. The molecule has 25 heavy (non-hydrogen) atoms. The number of amides is 1. The number of carbonyl (C=O) groups excluding carboxylic acids is 2. The minimum atomic E-state index is -0.373. The number of halogens is 2. The van der Waals surface area contributed by atoms with E-state index in [1.165, 1.54) is 6.92 Å². The molecule has 0 spiro atoms. The lowest BCUT2D eigenvalue weighted by Crippen LogP contribution is -2.39. The van der Waals surface area contributed by atoms with Gasteiger partial charge in [-0.1, -0.05) is 35.3 Å². The van der Waals surface area contributed by atoms with Crippen LogP contribution in [0.5, 0.6) is 0 Å². The van der Waals surface area contributed by atoms with Crippen LogP contribution < -0.4 is 5.32 Å². The molecule has 0 aliphatic carbocycles. The van der Waals surface area contributed by atoms with Crippen molar-refractivity contribution in [3.05, 3.63) is 63.6 Å². The van der Waals surface area contributed by atoms with E-state index < -0.39 is 0 Å². The molecule has 1 N–H and O–H groups in total. The molecule has 0 heterocycles. The van der Waals surface area contributed by atoms with Gasteiger partial charge in [-0.05, 0) is 56.8 Å². The van der Waals surface area contributed by atoms with E-state index in [9.17, 15) is 9.59 Å². The molecule has 0 saturated carbocycles. The SMILES string of the molecule is CC(=O)c1ccc(NC(=O)C(C)N(C)Cc2cccc(Cl)c2Cl)cc1. The highest BCUT2D eigenvalue weighted by Gasteiger charge is 2.19. The predicted molar refractivity (Wildman–Crippen MR) is 102 cm³/mol. The van der Waals surface area contributed by atoms with Crippen molar-refractivity contribution < 1.29 is 9.59 Å². The first-order chi connectivity index (χ1) is 11.8. The Morgan fingerprint density at radius 3 is 2.36 bits per heavy atom. The molecule has 2 aromatic carbocycles. The Morgan fingerprint density at radius 2 is 1.76 bits per heavy atom. The van der Waals surface area contributed by atoms with Gasteiger partial charge in [0.25, 0.3) is 0 Å². The van der Waals surface area contributed by atoms with E-state index in [-0.39, 0.29) is 17.7 Å². The van der Waals surface area contributed by atoms with Gasteiger partial charge in [0, 0.05) is 17.8 Å². The number of likely N-dealkylation sites (N-methyl/N-ethyl adjacent to an activating group) is 1. The van der Waals surface area contributed by atoms with Gasteiger partial charge in [0.05, 0.1) is 16.1 Å². The Kier molecular flexibility index (Phi) is 6.59. The highest BCUT2D eigenvalue weighted by Crippen LogP contribution is 2.26. The van der Waals surface area contributed by atoms with Gasteiger partial charge in [0.1, 0.15) is 0 Å². The summed E-state index contributed by atoms with van der Waals surface area (Å²) in [6.45, 7) is 3.82. The lowest BCUT2D eigenvalue weighted by molar-refractivity contribution is -0.120. The summed E-state index contributed by atoms with van der Waals surface area (Å²) in [5.41, 5.74) is 2.12. The topological polar surface area (TPSA) is 49.4 Å². The molecule has 6 heteroatoms. The van der Waals surface area contributed by atoms with E-state index >= 15 is 0 Å². The van der Waals surface area contributed by atoms with Gasteiger partial charge in [0.15, 0.2) is 5.78 Å². The van der Waals surface area contributed by atoms with E-state index in [1.54, 1.807) is 30.3 Å². The van der Waals surface area contributed by atoms with E-state index in [2.05, 4.69) is 5.32 Å². The van der Waals surface area contributed by atoms with Crippen LogP contribution in [-0.2, 0) is 11.3 Å². The zero-order chi connectivity index (χ0) is 18.6. The van der Waals surface area contributed by atoms with Crippen LogP contribution in [0.3, 0.4) is 0 Å². The van der Waals surface area contributed by atoms with Crippen LogP contribution in [0.2, 0.25) is 10.0 Å². The van der Waals surface area contributed by atoms with Crippen molar-refractivity contribution in [1.82, 2.24) is 4.90 Å². The first-order valence-corrected chi connectivity index (χ1v) is 8.60. The Bertz CT molecular complexity index is 775. The molecule has 4 nitrogen and oxygen atoms in total. The molecular formula is C19H20Cl2N2O2. The Hall–Kier alpha value is -1.88. The number of rotatable bonds is 6. The summed E-state index contributed by atoms with van der Waals surface area (Å²) in [6.07, 6.45) is 0. The molecule has 2 aromatic rings. The summed E-state index contributed by atoms with van der Waals surface area (Å²) in [5.74, 6) is -0.152. The van der Waals surface area contributed by atoms with Crippen LogP contribution in [0, 0.1) is 0 Å². The highest BCUT2D eigenvalue weighted by molar-refractivity contribution is 6.42. The smallest absolute Gasteiger partial charge is 0.241 e. The van der Waals surface area contributed by atoms with Gasteiger partial charge < -0.3 is 5.32 Å². The van der Waals surface area contributed by atoms with E-state index in [4.69, 9.17) is 23.2 Å². The van der Waals surface area contributed by atoms with Crippen LogP contribution in [-0.4, -0.2) is 29.7 Å². The highest BCUT2D eigenvalue weighted by atomic mass is 35.5. The molecule has 0 bridgehead atoms. The van der Waals surface area contributed by atoms with Gasteiger partial charge in [-0.15, -0.1) is 0 Å². The van der Waals surface area contributed by atoms with E-state index in [0.29, 0.717) is 27.8 Å². The van der Waals surface area contributed by atoms with Crippen LogP contribution in [0.1, 0.15) is 29.8 Å². The summed E-state index contributed by atoms with van der Waals surface area (Å²) in [4.78, 5) is 25.6. The van der Waals surface area contributed by atoms with Crippen molar-refractivity contribution in [3.63, 3.8) is 0 Å². The summed E-state index contributed by atoms with van der Waals surface area (Å²) in [5, 5.41) is 3.85. The van der Waals surface area contributed by atoms with E-state index in [0.717, 1.165) is 5.56 Å². The van der Waals surface area contributed by atoms with Crippen LogP contribution in [0.15, 0.2) is 42.5 Å². The van der Waals surface area contributed by atoms with Gasteiger partial charge >= 0.3 is 0 Å². The molecule has 0 radical (unpaired) electrons. The number of nitrogens with zero attached hydrogens (tertiary/aromatic N) is 1. The quantitative estimate of drug-likeness (QED) is 0.743. The maximum atomic E-state index is 12.4. The number of ketones is 1. The first-order valence-electron chi connectivity index (χ1n) is 7.84. The molecule has 1 atom stereocenters. The monoisotopic (exact) mass is 378 g/mol. The van der Waals surface area contributed by atoms with Crippen molar-refractivity contribution in [2.75, 3.05) is 12.4 Å². The molecule has 0 aliphatic rings. The standard InChI is InChI=1S/C19H20Cl2N2O2/c1-12(23(3)11-15-5-4-6-17(20)18(15)21)19(25)22-16-9-7-14(8-10-16)13(2)24/h4-10,12H,11H2,1-3H3,(H,22,25). The third-order valence-electron chi connectivity index (χ3n) is 4.05. The number of anilines is 1. The summed E-state index contributed by atoms with van der Waals surface area (Å²) < 4.78 is 0. The third kappa shape index (κ3) is 5.05. The largest absolute Gasteiger partial charge is 0.325 e. The van der Waals surface area contributed by atoms with Crippen molar-refractivity contribution in [2.24, 2.45) is 0 Å². The first kappa shape index (κ1) is 19.4. The maximum Gasteiger partial charge on any atom is 0.241 e. The van der Waals surface area contributed by atoms with Gasteiger partial charge in [-0.25, -0.2) is 0 Å². The average Bonchev–Trinajstić information content (AvgIpc) is 2.58. The van der Waals surface area contributed by atoms with Crippen LogP contribution >= 0.6 is 23.2 Å². The number of hydrogen-bond donors (Lipinski definition) is 1. The molecule has 0 fully saturated rings. The van der Waals surface area contributed by atoms with Crippen molar-refractivity contribution in [1.29, 1.82) is 0 Å². The zero-order valence-corrected chi connectivity index (χ0v) is 15.9. The molecule has 1 amide bonds. The minimum absolute atomic E-state index is 0.00983. The number of hydrogen-bond acceptors (Lipinski definition) is 3. The molecule has 2 rings (SSSR count). The number of carbonyl (C=O) groups is 2. The van der Waals surface area contributed by atoms with Gasteiger partial charge in [0.2, 0.25) is 5.91 Å². The van der Waals surface area contributed by atoms with Crippen molar-refractivity contribution in [2.45, 2.75) is 26.4 Å². The Labute approximate surface area is 157 Å². The summed E-state index contributed by atoms with van der Waals surface area (Å²) in [7, 11) is 1.85. The second kappa shape index (κ2) is 8.48. The fourth-order valence-electron chi connectivity index (χ4n) is 2.31. The normalized spacial score (nSPS) is 12.1. The van der Waals surface area contributed by atoms with Crippen molar-refractivity contribution >= 4 is 40.6 Å². The fourth-order valence-corrected chi connectivity index (χ4v) is 2.69. The number of nitrogens with one attached hydrogen (secondary N) is 1. The molecule has 132 valence electrons. The fraction of sp³-hybridized carbons (Fsp3) is 0.263. The van der Waals surface area contributed by atoms with Crippen LogP contribution in [0.4, 0.5) is 5.69 Å². The minimum Gasteiger partial charge on any atom is -0.325 e. The third-order valence-corrected chi connectivity index (χ3v) is 4.91. The van der Waals surface area contributed by atoms with Crippen LogP contribution in [0.25, 0.3) is 0 Å². The van der Waals surface area contributed by atoms with E-state index in [1.807, 2.05) is 31.0 Å². The second-order valence-corrected chi connectivity index (χ2v) is 6.71. The average molecular weight is 379 g/mol. The summed E-state index contributed by atoms with van der Waals surface area (Å²) >= 11 is 12.2.